The van der Waals surface area contributed by atoms with E-state index in [0.717, 1.165) is 6.54 Å². The van der Waals surface area contributed by atoms with E-state index in [1.807, 2.05) is 6.92 Å². The average Bonchev–Trinajstić information content (AvgIpc) is 2.84. The largest absolute Gasteiger partial charge is 0.484 e. The summed E-state index contributed by atoms with van der Waals surface area (Å²) in [5.74, 6) is 1.16. The average molecular weight is 263 g/mol. The van der Waals surface area contributed by atoms with Crippen LogP contribution in [0.25, 0.3) is 0 Å². The van der Waals surface area contributed by atoms with Gasteiger partial charge in [0.2, 0.25) is 0 Å². The third-order valence-corrected chi connectivity index (χ3v) is 2.65. The third-order valence-electron chi connectivity index (χ3n) is 2.42. The van der Waals surface area contributed by atoms with Crippen LogP contribution < -0.4 is 4.74 Å². The standard InChI is InChI=1S/C12H11ClN4O/c1-2-17-12(15-8-16-17)7-18-11-5-10(13)4-3-9(11)6-14/h3-5,8H,2,7H2,1H3. The highest BCUT2D eigenvalue weighted by atomic mass is 35.5. The van der Waals surface area contributed by atoms with E-state index >= 15 is 0 Å². The maximum atomic E-state index is 8.96. The van der Waals surface area contributed by atoms with Gasteiger partial charge in [-0.15, -0.1) is 0 Å². The number of aromatic nitrogens is 3. The number of rotatable bonds is 4. The molecule has 0 spiro atoms. The molecule has 0 N–H and O–H groups in total. The highest BCUT2D eigenvalue weighted by molar-refractivity contribution is 6.30. The zero-order chi connectivity index (χ0) is 13.0. The van der Waals surface area contributed by atoms with Gasteiger partial charge in [-0.2, -0.15) is 10.4 Å². The zero-order valence-electron chi connectivity index (χ0n) is 9.80. The van der Waals surface area contributed by atoms with Crippen LogP contribution in [0, 0.1) is 11.3 Å². The van der Waals surface area contributed by atoms with Crippen LogP contribution in [0.15, 0.2) is 24.5 Å². The van der Waals surface area contributed by atoms with E-state index in [1.54, 1.807) is 22.9 Å². The molecule has 0 saturated carbocycles. The fourth-order valence-corrected chi connectivity index (χ4v) is 1.68. The van der Waals surface area contributed by atoms with Gasteiger partial charge in [0.05, 0.1) is 5.56 Å². The van der Waals surface area contributed by atoms with Crippen LogP contribution in [0.3, 0.4) is 0 Å². The molecule has 0 aliphatic heterocycles. The van der Waals surface area contributed by atoms with Gasteiger partial charge >= 0.3 is 0 Å². The van der Waals surface area contributed by atoms with Crippen LogP contribution >= 0.6 is 11.6 Å². The summed E-state index contributed by atoms with van der Waals surface area (Å²) in [6, 6.07) is 6.95. The molecular weight excluding hydrogens is 252 g/mol. The number of nitrogens with zero attached hydrogens (tertiary/aromatic N) is 4. The van der Waals surface area contributed by atoms with Crippen LogP contribution in [0.5, 0.6) is 5.75 Å². The summed E-state index contributed by atoms with van der Waals surface area (Å²) in [5.41, 5.74) is 0.446. The van der Waals surface area contributed by atoms with Gasteiger partial charge in [-0.05, 0) is 19.1 Å². The predicted octanol–water partition coefficient (Wildman–Crippen LogP) is 2.40. The summed E-state index contributed by atoms with van der Waals surface area (Å²) < 4.78 is 7.30. The lowest BCUT2D eigenvalue weighted by Crippen LogP contribution is -2.07. The lowest BCUT2D eigenvalue weighted by molar-refractivity contribution is 0.286. The first-order chi connectivity index (χ1) is 8.74. The van der Waals surface area contributed by atoms with Gasteiger partial charge in [-0.25, -0.2) is 9.67 Å². The molecule has 0 fully saturated rings. The Labute approximate surface area is 110 Å². The molecule has 0 unspecified atom stereocenters. The maximum absolute atomic E-state index is 8.96. The van der Waals surface area contributed by atoms with Crippen molar-refractivity contribution in [3.63, 3.8) is 0 Å². The highest BCUT2D eigenvalue weighted by Crippen LogP contribution is 2.23. The van der Waals surface area contributed by atoms with E-state index in [1.165, 1.54) is 6.33 Å². The Morgan fingerprint density at radius 1 is 1.50 bits per heavy atom. The van der Waals surface area contributed by atoms with Crippen molar-refractivity contribution in [3.8, 4) is 11.8 Å². The molecule has 18 heavy (non-hydrogen) atoms. The minimum atomic E-state index is 0.253. The van der Waals surface area contributed by atoms with Crippen molar-refractivity contribution in [2.24, 2.45) is 0 Å². The number of hydrogen-bond donors (Lipinski definition) is 0. The molecule has 0 radical (unpaired) electrons. The monoisotopic (exact) mass is 262 g/mol. The second kappa shape index (κ2) is 5.52. The topological polar surface area (TPSA) is 63.7 Å². The van der Waals surface area contributed by atoms with Gasteiger partial charge in [-0.3, -0.25) is 0 Å². The Hall–Kier alpha value is -2.06. The molecule has 2 rings (SSSR count). The summed E-state index contributed by atoms with van der Waals surface area (Å²) in [5, 5.41) is 13.5. The summed E-state index contributed by atoms with van der Waals surface area (Å²) >= 11 is 5.87. The Balaban J connectivity index is 2.15. The summed E-state index contributed by atoms with van der Waals surface area (Å²) in [6.45, 7) is 2.94. The molecule has 0 amide bonds. The SMILES string of the molecule is CCn1ncnc1COc1cc(Cl)ccc1C#N. The van der Waals surface area contributed by atoms with Crippen LogP contribution in [0.1, 0.15) is 18.3 Å². The van der Waals surface area contributed by atoms with Crippen molar-refractivity contribution >= 4 is 11.6 Å². The van der Waals surface area contributed by atoms with Crippen LogP contribution in [0.2, 0.25) is 5.02 Å². The number of benzene rings is 1. The number of nitriles is 1. The highest BCUT2D eigenvalue weighted by Gasteiger charge is 2.07. The molecule has 5 nitrogen and oxygen atoms in total. The van der Waals surface area contributed by atoms with Gasteiger partial charge in [0.1, 0.15) is 24.8 Å². The quantitative estimate of drug-likeness (QED) is 0.849. The summed E-state index contributed by atoms with van der Waals surface area (Å²) in [4.78, 5) is 4.09. The minimum Gasteiger partial charge on any atom is -0.484 e. The molecule has 0 atom stereocenters. The van der Waals surface area contributed by atoms with Gasteiger partial charge in [0.25, 0.3) is 0 Å². The lowest BCUT2D eigenvalue weighted by atomic mass is 10.2. The molecule has 0 aliphatic rings. The van der Waals surface area contributed by atoms with Gasteiger partial charge in [-0.1, -0.05) is 11.6 Å². The molecular formula is C12H11ClN4O. The Kier molecular flexibility index (Phi) is 3.80. The maximum Gasteiger partial charge on any atom is 0.164 e. The summed E-state index contributed by atoms with van der Waals surface area (Å²) in [6.07, 6.45) is 1.48. The fourth-order valence-electron chi connectivity index (χ4n) is 1.51. The van der Waals surface area contributed by atoms with E-state index in [4.69, 9.17) is 21.6 Å². The summed E-state index contributed by atoms with van der Waals surface area (Å²) in [7, 11) is 0. The van der Waals surface area contributed by atoms with E-state index in [9.17, 15) is 0 Å². The van der Waals surface area contributed by atoms with E-state index in [-0.39, 0.29) is 6.61 Å². The van der Waals surface area contributed by atoms with Crippen LogP contribution in [-0.2, 0) is 13.2 Å². The first-order valence-corrected chi connectivity index (χ1v) is 5.81. The van der Waals surface area contributed by atoms with Crippen molar-refractivity contribution in [2.75, 3.05) is 0 Å². The molecule has 1 aromatic heterocycles. The smallest absolute Gasteiger partial charge is 0.164 e. The first kappa shape index (κ1) is 12.4. The number of aryl methyl sites for hydroxylation is 1. The minimum absolute atomic E-state index is 0.253. The van der Waals surface area contributed by atoms with Crippen molar-refractivity contribution < 1.29 is 4.74 Å². The molecule has 0 saturated heterocycles. The molecule has 0 aliphatic carbocycles. The molecule has 1 aromatic carbocycles. The van der Waals surface area contributed by atoms with E-state index in [2.05, 4.69) is 16.2 Å². The van der Waals surface area contributed by atoms with Crippen LogP contribution in [-0.4, -0.2) is 14.8 Å². The number of halogens is 1. The molecule has 0 bridgehead atoms. The first-order valence-electron chi connectivity index (χ1n) is 5.43. The number of ether oxygens (including phenoxy) is 1. The molecule has 1 heterocycles. The van der Waals surface area contributed by atoms with Gasteiger partial charge in [0.15, 0.2) is 5.82 Å². The Bertz CT molecular complexity index is 588. The fraction of sp³-hybridized carbons (Fsp3) is 0.250. The Morgan fingerprint density at radius 3 is 3.06 bits per heavy atom. The van der Waals surface area contributed by atoms with Crippen molar-refractivity contribution in [3.05, 3.63) is 40.9 Å². The van der Waals surface area contributed by atoms with Crippen molar-refractivity contribution in [1.29, 1.82) is 5.26 Å². The third kappa shape index (κ3) is 2.60. The second-order valence-corrected chi connectivity index (χ2v) is 3.97. The number of hydrogen-bond acceptors (Lipinski definition) is 4. The van der Waals surface area contributed by atoms with Crippen molar-refractivity contribution in [2.45, 2.75) is 20.1 Å². The molecule has 92 valence electrons. The molecule has 6 heteroatoms. The lowest BCUT2D eigenvalue weighted by Gasteiger charge is -2.08. The normalized spacial score (nSPS) is 10.1. The molecule has 2 aromatic rings. The second-order valence-electron chi connectivity index (χ2n) is 3.53. The van der Waals surface area contributed by atoms with Gasteiger partial charge < -0.3 is 4.74 Å². The van der Waals surface area contributed by atoms with Gasteiger partial charge in [0, 0.05) is 17.6 Å². The van der Waals surface area contributed by atoms with E-state index in [0.29, 0.717) is 22.2 Å². The Morgan fingerprint density at radius 2 is 2.33 bits per heavy atom. The predicted molar refractivity (Wildman–Crippen MR) is 66.2 cm³/mol. The van der Waals surface area contributed by atoms with Crippen molar-refractivity contribution in [1.82, 2.24) is 14.8 Å². The van der Waals surface area contributed by atoms with E-state index < -0.39 is 0 Å². The zero-order valence-corrected chi connectivity index (χ0v) is 10.6. The van der Waals surface area contributed by atoms with Crippen LogP contribution in [0.4, 0.5) is 0 Å².